The first kappa shape index (κ1) is 27.6. The number of nitrogens with one attached hydrogen (secondary N) is 1. The first-order valence-corrected chi connectivity index (χ1v) is 13.9. The fourth-order valence-corrected chi connectivity index (χ4v) is 6.07. The molecule has 7 rings (SSSR count). The first-order valence-electron chi connectivity index (χ1n) is 13.9. The van der Waals surface area contributed by atoms with Gasteiger partial charge in [-0.25, -0.2) is 8.78 Å². The summed E-state index contributed by atoms with van der Waals surface area (Å²) in [4.78, 5) is 46.9. The minimum atomic E-state index is -0.866. The Labute approximate surface area is 241 Å². The Bertz CT molecular complexity index is 1520. The molecule has 3 amide bonds. The molecule has 4 aliphatic heterocycles. The van der Waals surface area contributed by atoms with E-state index in [4.69, 9.17) is 9.47 Å². The number of amides is 3. The van der Waals surface area contributed by atoms with Crippen LogP contribution in [0.1, 0.15) is 33.8 Å². The maximum Gasteiger partial charge on any atom is 0.257 e. The van der Waals surface area contributed by atoms with E-state index in [0.717, 1.165) is 29.3 Å². The number of halogens is 2. The summed E-state index contributed by atoms with van der Waals surface area (Å²) in [5.41, 5.74) is 0.661. The van der Waals surface area contributed by atoms with Crippen LogP contribution in [-0.4, -0.2) is 78.4 Å². The van der Waals surface area contributed by atoms with E-state index in [1.54, 1.807) is 23.4 Å². The van der Waals surface area contributed by atoms with Gasteiger partial charge in [0.25, 0.3) is 5.91 Å². The SMILES string of the molecule is O=C1CN(C(=O)c2cc(F)ccc2F)CCCOc2cccc3c2OC[C@@]2(CN1)CN(C(=O)Cc1cccnc1)C[C@@H]32. The number of hydrogen-bond donors (Lipinski definition) is 1. The van der Waals surface area contributed by atoms with E-state index in [-0.39, 0.29) is 51.1 Å². The number of pyridine rings is 1. The molecular weight excluding hydrogens is 546 g/mol. The minimum Gasteiger partial charge on any atom is -0.490 e. The van der Waals surface area contributed by atoms with Crippen molar-refractivity contribution in [1.82, 2.24) is 20.1 Å². The second-order valence-electron chi connectivity index (χ2n) is 11.0. The lowest BCUT2D eigenvalue weighted by atomic mass is 9.73. The third-order valence-corrected chi connectivity index (χ3v) is 8.22. The molecule has 2 atom stereocenters. The summed E-state index contributed by atoms with van der Waals surface area (Å²) in [5, 5.41) is 2.95. The van der Waals surface area contributed by atoms with Gasteiger partial charge in [-0.2, -0.15) is 0 Å². The minimum absolute atomic E-state index is 0.0520. The van der Waals surface area contributed by atoms with Crippen LogP contribution >= 0.6 is 0 Å². The molecule has 4 bridgehead atoms. The van der Waals surface area contributed by atoms with E-state index in [1.165, 1.54) is 4.90 Å². The zero-order valence-electron chi connectivity index (χ0n) is 22.9. The molecule has 1 aromatic heterocycles. The molecule has 0 aliphatic carbocycles. The molecule has 11 heteroatoms. The molecule has 4 aliphatic rings. The molecule has 42 heavy (non-hydrogen) atoms. The normalized spacial score (nSPS) is 22.0. The van der Waals surface area contributed by atoms with Gasteiger partial charge in [0, 0.05) is 55.5 Å². The molecule has 5 heterocycles. The number of hydrogen-bond acceptors (Lipinski definition) is 6. The van der Waals surface area contributed by atoms with Crippen molar-refractivity contribution in [3.63, 3.8) is 0 Å². The number of rotatable bonds is 3. The number of likely N-dealkylation sites (tertiary alicyclic amines) is 1. The van der Waals surface area contributed by atoms with E-state index >= 15 is 0 Å². The van der Waals surface area contributed by atoms with Crippen LogP contribution < -0.4 is 14.8 Å². The van der Waals surface area contributed by atoms with E-state index in [9.17, 15) is 23.2 Å². The number of carbonyl (C=O) groups is 3. The van der Waals surface area contributed by atoms with Crippen molar-refractivity contribution in [2.75, 3.05) is 45.9 Å². The van der Waals surface area contributed by atoms with Crippen LogP contribution in [0.25, 0.3) is 0 Å². The number of carbonyl (C=O) groups excluding carboxylic acids is 3. The second-order valence-corrected chi connectivity index (χ2v) is 11.0. The third kappa shape index (κ3) is 5.38. The topological polar surface area (TPSA) is 101 Å². The molecule has 1 saturated heterocycles. The van der Waals surface area contributed by atoms with Crippen molar-refractivity contribution in [3.8, 4) is 11.5 Å². The van der Waals surface area contributed by atoms with Gasteiger partial charge >= 0.3 is 0 Å². The first-order chi connectivity index (χ1) is 20.3. The van der Waals surface area contributed by atoms with Gasteiger partial charge in [-0.1, -0.05) is 18.2 Å². The van der Waals surface area contributed by atoms with Crippen LogP contribution in [0.5, 0.6) is 11.5 Å². The molecule has 1 N–H and O–H groups in total. The highest BCUT2D eigenvalue weighted by atomic mass is 19.1. The summed E-state index contributed by atoms with van der Waals surface area (Å²) >= 11 is 0. The van der Waals surface area contributed by atoms with Gasteiger partial charge in [0.2, 0.25) is 11.8 Å². The average Bonchev–Trinajstić information content (AvgIpc) is 3.40. The molecule has 218 valence electrons. The van der Waals surface area contributed by atoms with Crippen molar-refractivity contribution < 1.29 is 32.6 Å². The van der Waals surface area contributed by atoms with Crippen molar-refractivity contribution in [2.45, 2.75) is 18.8 Å². The van der Waals surface area contributed by atoms with Crippen LogP contribution in [0.3, 0.4) is 0 Å². The van der Waals surface area contributed by atoms with Crippen LogP contribution in [-0.2, 0) is 16.0 Å². The van der Waals surface area contributed by atoms with Crippen LogP contribution in [0.2, 0.25) is 0 Å². The van der Waals surface area contributed by atoms with Gasteiger partial charge in [-0.3, -0.25) is 19.4 Å². The average molecular weight is 577 g/mol. The molecule has 0 radical (unpaired) electrons. The second kappa shape index (κ2) is 11.4. The van der Waals surface area contributed by atoms with Crippen molar-refractivity contribution >= 4 is 17.7 Å². The summed E-state index contributed by atoms with van der Waals surface area (Å²) < 4.78 is 40.6. The standard InChI is InChI=1S/C31H30F2N4O5/c32-21-7-8-25(33)23(13-21)30(40)36-10-3-11-41-26-6-1-5-22-24-15-37(28(39)12-20-4-2-9-34-14-20)18-31(24,19-42-29(22)26)17-35-27(38)16-36/h1-2,4-9,13-14,24H,3,10-12,15-19H2,(H,35,38)/t24-,31+/m0/s1. The van der Waals surface area contributed by atoms with Crippen molar-refractivity contribution in [1.29, 1.82) is 0 Å². The summed E-state index contributed by atoms with van der Waals surface area (Å²) in [6, 6.07) is 12.0. The zero-order valence-corrected chi connectivity index (χ0v) is 22.9. The van der Waals surface area contributed by atoms with Crippen molar-refractivity contribution in [3.05, 3.63) is 89.2 Å². The number of aromatic nitrogens is 1. The van der Waals surface area contributed by atoms with Gasteiger partial charge in [-0.05, 0) is 42.3 Å². The fraction of sp³-hybridized carbons (Fsp3) is 0.355. The van der Waals surface area contributed by atoms with Crippen molar-refractivity contribution in [2.24, 2.45) is 5.41 Å². The van der Waals surface area contributed by atoms with Gasteiger partial charge in [0.15, 0.2) is 11.5 Å². The Hall–Kier alpha value is -4.54. The number of ether oxygens (including phenoxy) is 2. The Morgan fingerprint density at radius 1 is 1.10 bits per heavy atom. The Morgan fingerprint density at radius 2 is 1.98 bits per heavy atom. The Morgan fingerprint density at radius 3 is 2.81 bits per heavy atom. The predicted molar refractivity (Wildman–Crippen MR) is 147 cm³/mol. The maximum absolute atomic E-state index is 14.4. The van der Waals surface area contributed by atoms with Gasteiger partial charge < -0.3 is 24.6 Å². The smallest absolute Gasteiger partial charge is 0.257 e. The molecule has 1 spiro atoms. The fourth-order valence-electron chi connectivity index (χ4n) is 6.07. The summed E-state index contributed by atoms with van der Waals surface area (Å²) in [6.45, 7) is 1.17. The zero-order chi connectivity index (χ0) is 29.3. The van der Waals surface area contributed by atoms with Crippen LogP contribution in [0.4, 0.5) is 8.78 Å². The highest BCUT2D eigenvalue weighted by molar-refractivity contribution is 5.96. The molecule has 3 aromatic rings. The third-order valence-electron chi connectivity index (χ3n) is 8.22. The lowest BCUT2D eigenvalue weighted by Gasteiger charge is -2.40. The van der Waals surface area contributed by atoms with E-state index < -0.39 is 34.4 Å². The predicted octanol–water partition coefficient (Wildman–Crippen LogP) is 2.95. The quantitative estimate of drug-likeness (QED) is 0.515. The molecule has 2 aromatic carbocycles. The lowest BCUT2D eigenvalue weighted by molar-refractivity contribution is -0.129. The highest BCUT2D eigenvalue weighted by Gasteiger charge is 2.53. The summed E-state index contributed by atoms with van der Waals surface area (Å²) in [6.07, 6.45) is 3.87. The summed E-state index contributed by atoms with van der Waals surface area (Å²) in [5.74, 6) is -1.88. The molecule has 0 saturated carbocycles. The number of benzene rings is 2. The van der Waals surface area contributed by atoms with Crippen LogP contribution in [0.15, 0.2) is 60.9 Å². The molecule has 0 unspecified atom stereocenters. The van der Waals surface area contributed by atoms with E-state index in [1.807, 2.05) is 24.3 Å². The van der Waals surface area contributed by atoms with Gasteiger partial charge in [0.05, 0.1) is 31.7 Å². The largest absolute Gasteiger partial charge is 0.490 e. The molecular formula is C31H30F2N4O5. The van der Waals surface area contributed by atoms with E-state index in [2.05, 4.69) is 10.3 Å². The van der Waals surface area contributed by atoms with Gasteiger partial charge in [-0.15, -0.1) is 0 Å². The number of fused-ring (bicyclic) bond motifs is 9. The highest BCUT2D eigenvalue weighted by Crippen LogP contribution is 2.52. The number of nitrogens with zero attached hydrogens (tertiary/aromatic N) is 3. The van der Waals surface area contributed by atoms with E-state index in [0.29, 0.717) is 31.0 Å². The maximum atomic E-state index is 14.4. The summed E-state index contributed by atoms with van der Waals surface area (Å²) in [7, 11) is 0. The Balaban J connectivity index is 1.28. The van der Waals surface area contributed by atoms with Crippen LogP contribution in [0, 0.1) is 17.0 Å². The monoisotopic (exact) mass is 576 g/mol. The lowest BCUT2D eigenvalue weighted by Crippen LogP contribution is -2.50. The van der Waals surface area contributed by atoms with Gasteiger partial charge in [0.1, 0.15) is 11.6 Å². The molecule has 1 fully saturated rings. The number of para-hydroxylation sites is 1. The Kier molecular flexibility index (Phi) is 7.49. The molecule has 9 nitrogen and oxygen atoms in total.